The Kier molecular flexibility index (Phi) is 3.97. The third-order valence-electron chi connectivity index (χ3n) is 1.93. The Hall–Kier alpha value is -1.93. The Bertz CT molecular complexity index is 439. The average Bonchev–Trinajstić information content (AvgIpc) is 2.24. The van der Waals surface area contributed by atoms with Crippen LogP contribution in [0.2, 0.25) is 0 Å². The minimum Gasteiger partial charge on any atom is -0.479 e. The van der Waals surface area contributed by atoms with E-state index in [9.17, 15) is 9.18 Å². The first-order chi connectivity index (χ1) is 7.52. The van der Waals surface area contributed by atoms with E-state index in [0.29, 0.717) is 5.56 Å². The predicted octanol–water partition coefficient (Wildman–Crippen LogP) is 1.69. The van der Waals surface area contributed by atoms with E-state index in [2.05, 4.69) is 0 Å². The van der Waals surface area contributed by atoms with E-state index in [4.69, 9.17) is 15.1 Å². The van der Waals surface area contributed by atoms with Crippen LogP contribution in [0.3, 0.4) is 0 Å². The molecular formula is C11H10FNO3. The summed E-state index contributed by atoms with van der Waals surface area (Å²) in [4.78, 5) is 10.5. The van der Waals surface area contributed by atoms with Crippen LogP contribution in [0.15, 0.2) is 18.2 Å². The summed E-state index contributed by atoms with van der Waals surface area (Å²) in [6.45, 7) is 1.34. The molecular weight excluding hydrogens is 213 g/mol. The summed E-state index contributed by atoms with van der Waals surface area (Å²) >= 11 is 0. The summed E-state index contributed by atoms with van der Waals surface area (Å²) in [7, 11) is 0. The smallest absolute Gasteiger partial charge is 0.332 e. The van der Waals surface area contributed by atoms with Crippen LogP contribution in [0.4, 0.5) is 4.39 Å². The van der Waals surface area contributed by atoms with Gasteiger partial charge in [0, 0.05) is 0 Å². The Balaban J connectivity index is 2.71. The van der Waals surface area contributed by atoms with Gasteiger partial charge in [0.2, 0.25) is 0 Å². The van der Waals surface area contributed by atoms with Crippen molar-refractivity contribution in [3.05, 3.63) is 35.1 Å². The molecule has 1 aromatic rings. The second-order valence-corrected chi connectivity index (χ2v) is 3.25. The Morgan fingerprint density at radius 2 is 2.31 bits per heavy atom. The fraction of sp³-hybridized carbons (Fsp3) is 0.273. The Morgan fingerprint density at radius 1 is 1.62 bits per heavy atom. The fourth-order valence-corrected chi connectivity index (χ4v) is 1.09. The van der Waals surface area contributed by atoms with Gasteiger partial charge in [-0.25, -0.2) is 9.18 Å². The number of rotatable bonds is 4. The molecule has 0 amide bonds. The lowest BCUT2D eigenvalue weighted by molar-refractivity contribution is -0.149. The SMILES string of the molecule is CC(OCc1cc(F)cc(C#N)c1)C(=O)O. The number of halogens is 1. The molecule has 16 heavy (non-hydrogen) atoms. The van der Waals surface area contributed by atoms with Crippen molar-refractivity contribution in [1.82, 2.24) is 0 Å². The van der Waals surface area contributed by atoms with Crippen LogP contribution in [0.25, 0.3) is 0 Å². The molecule has 0 saturated heterocycles. The first-order valence-corrected chi connectivity index (χ1v) is 4.57. The number of nitriles is 1. The Labute approximate surface area is 91.9 Å². The molecule has 0 aliphatic carbocycles. The van der Waals surface area contributed by atoms with E-state index in [0.717, 1.165) is 6.07 Å². The number of ether oxygens (including phenoxy) is 1. The molecule has 0 fully saturated rings. The molecule has 5 heteroatoms. The molecule has 0 aliphatic heterocycles. The highest BCUT2D eigenvalue weighted by Gasteiger charge is 2.11. The average molecular weight is 223 g/mol. The summed E-state index contributed by atoms with van der Waals surface area (Å²) in [5.41, 5.74) is 0.617. The molecule has 4 nitrogen and oxygen atoms in total. The van der Waals surface area contributed by atoms with Crippen LogP contribution < -0.4 is 0 Å². The van der Waals surface area contributed by atoms with Gasteiger partial charge < -0.3 is 9.84 Å². The van der Waals surface area contributed by atoms with Gasteiger partial charge in [-0.05, 0) is 30.7 Å². The van der Waals surface area contributed by atoms with Crippen LogP contribution in [-0.4, -0.2) is 17.2 Å². The third kappa shape index (κ3) is 3.33. The summed E-state index contributed by atoms with van der Waals surface area (Å²) < 4.78 is 17.9. The van der Waals surface area contributed by atoms with E-state index < -0.39 is 17.9 Å². The second-order valence-electron chi connectivity index (χ2n) is 3.25. The van der Waals surface area contributed by atoms with Gasteiger partial charge in [0.25, 0.3) is 0 Å². The molecule has 84 valence electrons. The number of carboxylic acids is 1. The molecule has 1 aromatic carbocycles. The predicted molar refractivity (Wildman–Crippen MR) is 53.0 cm³/mol. The van der Waals surface area contributed by atoms with Crippen LogP contribution in [0.1, 0.15) is 18.1 Å². The molecule has 0 bridgehead atoms. The zero-order valence-corrected chi connectivity index (χ0v) is 8.61. The molecule has 1 N–H and O–H groups in total. The number of benzene rings is 1. The van der Waals surface area contributed by atoms with Crippen molar-refractivity contribution >= 4 is 5.97 Å². The van der Waals surface area contributed by atoms with E-state index in [-0.39, 0.29) is 12.2 Å². The highest BCUT2D eigenvalue weighted by atomic mass is 19.1. The summed E-state index contributed by atoms with van der Waals surface area (Å²) in [5, 5.41) is 17.2. The van der Waals surface area contributed by atoms with Crippen molar-refractivity contribution in [1.29, 1.82) is 5.26 Å². The minimum atomic E-state index is -1.09. The maximum Gasteiger partial charge on any atom is 0.332 e. The van der Waals surface area contributed by atoms with E-state index in [1.165, 1.54) is 19.1 Å². The lowest BCUT2D eigenvalue weighted by atomic mass is 10.1. The fourth-order valence-electron chi connectivity index (χ4n) is 1.09. The van der Waals surface area contributed by atoms with E-state index in [1.807, 2.05) is 0 Å². The first kappa shape index (κ1) is 12.1. The summed E-state index contributed by atoms with van der Waals surface area (Å²) in [5.74, 6) is -1.63. The number of carboxylic acid groups (broad SMARTS) is 1. The highest BCUT2D eigenvalue weighted by Crippen LogP contribution is 2.10. The number of carbonyl (C=O) groups is 1. The quantitative estimate of drug-likeness (QED) is 0.843. The first-order valence-electron chi connectivity index (χ1n) is 4.57. The molecule has 0 spiro atoms. The van der Waals surface area contributed by atoms with Crippen molar-refractivity contribution in [2.24, 2.45) is 0 Å². The molecule has 1 unspecified atom stereocenters. The van der Waals surface area contributed by atoms with Crippen molar-refractivity contribution in [2.45, 2.75) is 19.6 Å². The number of aliphatic carboxylic acids is 1. The van der Waals surface area contributed by atoms with E-state index in [1.54, 1.807) is 6.07 Å². The van der Waals surface area contributed by atoms with Crippen LogP contribution >= 0.6 is 0 Å². The van der Waals surface area contributed by atoms with Gasteiger partial charge in [-0.15, -0.1) is 0 Å². The molecule has 0 aliphatic rings. The van der Waals surface area contributed by atoms with Crippen LogP contribution in [0.5, 0.6) is 0 Å². The zero-order valence-electron chi connectivity index (χ0n) is 8.61. The number of hydrogen-bond donors (Lipinski definition) is 1. The number of nitrogens with zero attached hydrogens (tertiary/aromatic N) is 1. The molecule has 0 saturated carbocycles. The summed E-state index contributed by atoms with van der Waals surface area (Å²) in [6.07, 6.45) is -0.964. The summed E-state index contributed by atoms with van der Waals surface area (Å²) in [6, 6.07) is 5.57. The molecule has 1 rings (SSSR count). The van der Waals surface area contributed by atoms with Gasteiger partial charge in [-0.3, -0.25) is 0 Å². The van der Waals surface area contributed by atoms with Crippen molar-refractivity contribution in [2.75, 3.05) is 0 Å². The third-order valence-corrected chi connectivity index (χ3v) is 1.93. The normalized spacial score (nSPS) is 11.8. The van der Waals surface area contributed by atoms with Gasteiger partial charge in [0.15, 0.2) is 6.10 Å². The maximum atomic E-state index is 13.0. The maximum absolute atomic E-state index is 13.0. The van der Waals surface area contributed by atoms with Gasteiger partial charge in [-0.2, -0.15) is 5.26 Å². The zero-order chi connectivity index (χ0) is 12.1. The van der Waals surface area contributed by atoms with Crippen molar-refractivity contribution < 1.29 is 19.0 Å². The highest BCUT2D eigenvalue weighted by molar-refractivity contribution is 5.71. The molecule has 0 radical (unpaired) electrons. The lowest BCUT2D eigenvalue weighted by Gasteiger charge is -2.08. The van der Waals surface area contributed by atoms with Gasteiger partial charge in [-0.1, -0.05) is 0 Å². The molecule has 0 heterocycles. The monoisotopic (exact) mass is 223 g/mol. The topological polar surface area (TPSA) is 70.3 Å². The van der Waals surface area contributed by atoms with E-state index >= 15 is 0 Å². The van der Waals surface area contributed by atoms with Gasteiger partial charge >= 0.3 is 5.97 Å². The second kappa shape index (κ2) is 5.24. The van der Waals surface area contributed by atoms with Gasteiger partial charge in [0.05, 0.1) is 18.2 Å². The van der Waals surface area contributed by atoms with Crippen molar-refractivity contribution in [3.8, 4) is 6.07 Å². The molecule has 0 aromatic heterocycles. The van der Waals surface area contributed by atoms with Crippen LogP contribution in [0, 0.1) is 17.1 Å². The largest absolute Gasteiger partial charge is 0.479 e. The lowest BCUT2D eigenvalue weighted by Crippen LogP contribution is -2.19. The standard InChI is InChI=1S/C11H10FNO3/c1-7(11(14)15)16-6-9-2-8(5-13)3-10(12)4-9/h2-4,7H,6H2,1H3,(H,14,15). The van der Waals surface area contributed by atoms with Crippen LogP contribution in [-0.2, 0) is 16.1 Å². The number of hydrogen-bond acceptors (Lipinski definition) is 3. The minimum absolute atomic E-state index is 0.0418. The Morgan fingerprint density at radius 3 is 2.88 bits per heavy atom. The van der Waals surface area contributed by atoms with Gasteiger partial charge in [0.1, 0.15) is 5.82 Å². The van der Waals surface area contributed by atoms with Crippen molar-refractivity contribution in [3.63, 3.8) is 0 Å². The molecule has 1 atom stereocenters.